The molecule has 0 atom stereocenters. The first-order valence-electron chi connectivity index (χ1n) is 15.7. The summed E-state index contributed by atoms with van der Waals surface area (Å²) in [7, 11) is 0. The summed E-state index contributed by atoms with van der Waals surface area (Å²) in [6.07, 6.45) is 9.57. The van der Waals surface area contributed by atoms with Crippen LogP contribution in [0, 0.1) is 27.7 Å². The fourth-order valence-corrected chi connectivity index (χ4v) is 5.79. The molecule has 1 aromatic carbocycles. The van der Waals surface area contributed by atoms with Crippen molar-refractivity contribution in [1.82, 2.24) is 39.9 Å². The molecule has 0 radical (unpaired) electrons. The Morgan fingerprint density at radius 3 is 1.02 bits per heavy atom. The summed E-state index contributed by atoms with van der Waals surface area (Å²) in [5, 5.41) is 0.414. The van der Waals surface area contributed by atoms with E-state index < -0.39 is 22.2 Å². The minimum absolute atomic E-state index is 0.0994. The van der Waals surface area contributed by atoms with E-state index in [1.165, 1.54) is 0 Å². The molecule has 0 aliphatic rings. The third kappa shape index (κ3) is 6.51. The molecule has 48 heavy (non-hydrogen) atoms. The first-order chi connectivity index (χ1) is 22.4. The van der Waals surface area contributed by atoms with Crippen molar-refractivity contribution in [3.8, 4) is 0 Å². The molecule has 0 aliphatic carbocycles. The van der Waals surface area contributed by atoms with E-state index >= 15 is 0 Å². The smallest absolute Gasteiger partial charge is 0.272 e. The zero-order valence-electron chi connectivity index (χ0n) is 29.0. The second-order valence-electron chi connectivity index (χ2n) is 14.2. The second-order valence-corrected chi connectivity index (χ2v) is 14.2. The predicted octanol–water partition coefficient (Wildman–Crippen LogP) is 1.03. The zero-order chi connectivity index (χ0) is 35.3. The lowest BCUT2D eigenvalue weighted by Gasteiger charge is -2.17. The minimum atomic E-state index is -0.455. The molecule has 250 valence electrons. The molecule has 4 heterocycles. The molecule has 0 amide bonds. The Balaban J connectivity index is 1.60. The largest absolute Gasteiger partial charge is 0.348 e. The van der Waals surface area contributed by atoms with Crippen LogP contribution in [0.1, 0.15) is 97.7 Å². The monoisotopic (exact) mass is 650 g/mol. The number of nitrogens with one attached hydrogen (secondary N) is 6. The van der Waals surface area contributed by atoms with Crippen LogP contribution in [0.25, 0.3) is 24.3 Å². The molecule has 4 aromatic heterocycles. The first kappa shape index (κ1) is 33.8. The maximum atomic E-state index is 13.2. The van der Waals surface area contributed by atoms with E-state index in [4.69, 9.17) is 0 Å². The lowest BCUT2D eigenvalue weighted by atomic mass is 9.88. The summed E-state index contributed by atoms with van der Waals surface area (Å²) in [6.45, 7) is 19.8. The lowest BCUT2D eigenvalue weighted by Crippen LogP contribution is -2.47. The van der Waals surface area contributed by atoms with E-state index in [2.05, 4.69) is 39.9 Å². The Morgan fingerprint density at radius 1 is 0.479 bits per heavy atom. The molecule has 0 spiro atoms. The highest BCUT2D eigenvalue weighted by Crippen LogP contribution is 2.28. The van der Waals surface area contributed by atoms with Crippen LogP contribution in [-0.2, 0) is 10.8 Å². The van der Waals surface area contributed by atoms with Gasteiger partial charge in [0.1, 0.15) is 21.4 Å². The van der Waals surface area contributed by atoms with Crippen molar-refractivity contribution in [2.45, 2.75) is 80.1 Å². The van der Waals surface area contributed by atoms with Crippen molar-refractivity contribution < 1.29 is 0 Å². The average Bonchev–Trinajstić information content (AvgIpc) is 3.67. The Kier molecular flexibility index (Phi) is 8.64. The summed E-state index contributed by atoms with van der Waals surface area (Å²) in [6, 6.07) is 0. The van der Waals surface area contributed by atoms with Gasteiger partial charge in [0, 0.05) is 22.2 Å². The lowest BCUT2D eigenvalue weighted by molar-refractivity contribution is 0.571. The maximum absolute atomic E-state index is 13.2. The van der Waals surface area contributed by atoms with Gasteiger partial charge in [0.15, 0.2) is 0 Å². The molecule has 5 rings (SSSR count). The van der Waals surface area contributed by atoms with Gasteiger partial charge in [0.05, 0.1) is 24.0 Å². The van der Waals surface area contributed by atoms with Crippen molar-refractivity contribution in [3.63, 3.8) is 0 Å². The topological polar surface area (TPSA) is 189 Å². The summed E-state index contributed by atoms with van der Waals surface area (Å²) in [5.41, 5.74) is 5.48. The Morgan fingerprint density at radius 2 is 0.750 bits per heavy atom. The Bertz CT molecular complexity index is 2350. The molecule has 6 N–H and O–H groups in total. The fourth-order valence-electron chi connectivity index (χ4n) is 5.79. The van der Waals surface area contributed by atoms with Crippen molar-refractivity contribution in [3.05, 3.63) is 132 Å². The highest BCUT2D eigenvalue weighted by atomic mass is 16.1. The van der Waals surface area contributed by atoms with E-state index in [1.807, 2.05) is 69.2 Å². The van der Waals surface area contributed by atoms with Crippen molar-refractivity contribution >= 4 is 24.3 Å². The molecule has 5 aromatic rings. The van der Waals surface area contributed by atoms with E-state index in [-0.39, 0.29) is 32.2 Å². The van der Waals surface area contributed by atoms with Crippen LogP contribution in [0.5, 0.6) is 0 Å². The number of nitrogens with zero attached hydrogens (tertiary/aromatic N) is 2. The molecule has 0 saturated heterocycles. The minimum Gasteiger partial charge on any atom is -0.348 e. The van der Waals surface area contributed by atoms with Gasteiger partial charge in [-0.1, -0.05) is 41.5 Å². The SMILES string of the molecule is Cc1c(C)c(/C=c2\[nH]c(=O)/c(=C/c3nc[nH]c3C(C)(C)C)[nH]c2=O)c(C)c(C)c1/C=c1\[nH]c(=O)c(=Cc2nc[nH]c2C(C)(C)C)[nH]c1=O. The Labute approximate surface area is 275 Å². The van der Waals surface area contributed by atoms with Gasteiger partial charge in [-0.2, -0.15) is 0 Å². The third-order valence-corrected chi connectivity index (χ3v) is 8.69. The van der Waals surface area contributed by atoms with Gasteiger partial charge < -0.3 is 29.9 Å². The number of aromatic nitrogens is 8. The summed E-state index contributed by atoms with van der Waals surface area (Å²) in [5.74, 6) is 0. The molecule has 0 unspecified atom stereocenters. The van der Waals surface area contributed by atoms with Crippen molar-refractivity contribution in [2.75, 3.05) is 0 Å². The number of hydrogen-bond donors (Lipinski definition) is 6. The second kappa shape index (κ2) is 12.3. The number of aromatic amines is 6. The summed E-state index contributed by atoms with van der Waals surface area (Å²) in [4.78, 5) is 78.2. The fraction of sp³-hybridized carbons (Fsp3) is 0.333. The molecular weight excluding hydrogens is 608 g/mol. The van der Waals surface area contributed by atoms with Crippen LogP contribution in [0.3, 0.4) is 0 Å². The van der Waals surface area contributed by atoms with Crippen LogP contribution in [0.2, 0.25) is 0 Å². The van der Waals surface area contributed by atoms with Crippen LogP contribution >= 0.6 is 0 Å². The molecule has 12 heteroatoms. The van der Waals surface area contributed by atoms with E-state index in [0.717, 1.165) is 44.8 Å². The molecule has 12 nitrogen and oxygen atoms in total. The van der Waals surface area contributed by atoms with Gasteiger partial charge >= 0.3 is 0 Å². The molecule has 0 bridgehead atoms. The Hall–Kier alpha value is -5.52. The number of hydrogen-bond acceptors (Lipinski definition) is 6. The van der Waals surface area contributed by atoms with E-state index in [0.29, 0.717) is 11.4 Å². The zero-order valence-corrected chi connectivity index (χ0v) is 29.0. The maximum Gasteiger partial charge on any atom is 0.272 e. The third-order valence-electron chi connectivity index (χ3n) is 8.69. The van der Waals surface area contributed by atoms with Crippen LogP contribution in [-0.4, -0.2) is 39.9 Å². The quantitative estimate of drug-likeness (QED) is 0.168. The molecule has 0 aliphatic heterocycles. The van der Waals surface area contributed by atoms with Crippen LogP contribution in [0.15, 0.2) is 31.8 Å². The van der Waals surface area contributed by atoms with E-state index in [9.17, 15) is 19.2 Å². The van der Waals surface area contributed by atoms with E-state index in [1.54, 1.807) is 37.0 Å². The normalized spacial score (nSPS) is 14.0. The highest BCUT2D eigenvalue weighted by molar-refractivity contribution is 5.69. The number of H-pyrrole nitrogens is 6. The molecule has 0 fully saturated rings. The van der Waals surface area contributed by atoms with Crippen LogP contribution in [0.4, 0.5) is 0 Å². The number of benzene rings is 1. The summed E-state index contributed by atoms with van der Waals surface area (Å²) >= 11 is 0. The van der Waals surface area contributed by atoms with Gasteiger partial charge in [-0.3, -0.25) is 19.2 Å². The molecular formula is C36H42N8O4. The van der Waals surface area contributed by atoms with Gasteiger partial charge in [-0.05, 0) is 85.4 Å². The van der Waals surface area contributed by atoms with Gasteiger partial charge in [-0.25, -0.2) is 9.97 Å². The average molecular weight is 651 g/mol. The van der Waals surface area contributed by atoms with Gasteiger partial charge in [0.2, 0.25) is 0 Å². The predicted molar refractivity (Wildman–Crippen MR) is 188 cm³/mol. The first-order valence-corrected chi connectivity index (χ1v) is 15.7. The van der Waals surface area contributed by atoms with Gasteiger partial charge in [-0.15, -0.1) is 0 Å². The standard InChI is InChI=1S/C36H42N8O4/c1-17-18(2)22(12-26-32(46)44-28(34(48)42-26)14-24-30(36(8,9)10)40-16-38-24)20(4)19(3)21(17)11-25-31(45)43-27(33(47)41-25)13-23-29(35(5,6)7)39-15-37-23/h11-16H,1-10H3,(H,37,39)(H,38,40)(H,41,47)(H,42,48)(H,43,45)(H,44,46)/b25-11-,26-12-,27-13-,28-14?. The number of rotatable bonds is 4. The van der Waals surface area contributed by atoms with Crippen molar-refractivity contribution in [2.24, 2.45) is 0 Å². The van der Waals surface area contributed by atoms with Crippen molar-refractivity contribution in [1.29, 1.82) is 0 Å². The van der Waals surface area contributed by atoms with Gasteiger partial charge in [0.25, 0.3) is 22.2 Å². The molecule has 0 saturated carbocycles. The summed E-state index contributed by atoms with van der Waals surface area (Å²) < 4.78 is 0. The highest BCUT2D eigenvalue weighted by Gasteiger charge is 2.20. The number of imidazole rings is 2. The van der Waals surface area contributed by atoms with Crippen LogP contribution < -0.4 is 43.6 Å².